The van der Waals surface area contributed by atoms with Gasteiger partial charge in [0.15, 0.2) is 18.2 Å². The van der Waals surface area contributed by atoms with E-state index in [1.807, 2.05) is 6.92 Å². The topological polar surface area (TPSA) is 97.4 Å². The van der Waals surface area contributed by atoms with Crippen molar-refractivity contribution >= 4 is 35.0 Å². The van der Waals surface area contributed by atoms with E-state index in [-0.39, 0.29) is 24.3 Å². The number of nitrogens with zero attached hydrogens (tertiary/aromatic N) is 2. The minimum absolute atomic E-state index is 0.00189. The summed E-state index contributed by atoms with van der Waals surface area (Å²) < 4.78 is 25.0. The number of aromatic nitrogens is 2. The van der Waals surface area contributed by atoms with Gasteiger partial charge < -0.3 is 25.4 Å². The number of carbonyl (C=O) groups excluding carboxylic acids is 1. The van der Waals surface area contributed by atoms with Crippen molar-refractivity contribution in [2.24, 2.45) is 0 Å². The van der Waals surface area contributed by atoms with Crippen molar-refractivity contribution in [3.63, 3.8) is 0 Å². The summed E-state index contributed by atoms with van der Waals surface area (Å²) in [5.74, 6) is 0.522. The maximum absolute atomic E-state index is 14.2. The first-order valence-electron chi connectivity index (χ1n) is 9.53. The molecule has 1 heterocycles. The van der Waals surface area contributed by atoms with Crippen LogP contribution in [-0.4, -0.2) is 36.6 Å². The first kappa shape index (κ1) is 22.4. The number of carbonyl (C=O) groups is 1. The number of halogens is 2. The summed E-state index contributed by atoms with van der Waals surface area (Å²) >= 11 is 6.12. The van der Waals surface area contributed by atoms with Crippen LogP contribution in [0.3, 0.4) is 0 Å². The zero-order valence-electron chi connectivity index (χ0n) is 17.4. The van der Waals surface area contributed by atoms with E-state index < -0.39 is 5.82 Å². The van der Waals surface area contributed by atoms with Gasteiger partial charge in [-0.1, -0.05) is 11.6 Å². The molecule has 1 aliphatic rings. The third kappa shape index (κ3) is 5.85. The van der Waals surface area contributed by atoms with Crippen LogP contribution in [0.15, 0.2) is 47.5 Å². The van der Waals surface area contributed by atoms with Gasteiger partial charge in [0.05, 0.1) is 18.3 Å². The Morgan fingerprint density at radius 3 is 2.81 bits per heavy atom. The van der Waals surface area contributed by atoms with E-state index in [9.17, 15) is 9.18 Å². The summed E-state index contributed by atoms with van der Waals surface area (Å²) in [7, 11) is 3.07. The van der Waals surface area contributed by atoms with Crippen molar-refractivity contribution in [1.82, 2.24) is 15.3 Å². The lowest BCUT2D eigenvalue weighted by molar-refractivity contribution is -0.123. The number of anilines is 3. The van der Waals surface area contributed by atoms with E-state index >= 15 is 0 Å². The summed E-state index contributed by atoms with van der Waals surface area (Å²) in [6.07, 6.45) is 4.33. The molecule has 1 aliphatic carbocycles. The summed E-state index contributed by atoms with van der Waals surface area (Å²) in [6, 6.07) is 4.99. The molecule has 2 aromatic rings. The summed E-state index contributed by atoms with van der Waals surface area (Å²) in [5.41, 5.74) is 2.38. The Labute approximate surface area is 184 Å². The number of nitrogens with one attached hydrogen (secondary N) is 3. The molecule has 3 rings (SSSR count). The molecule has 1 amide bonds. The quantitative estimate of drug-likeness (QED) is 0.559. The molecule has 10 heteroatoms. The minimum atomic E-state index is -0.611. The fraction of sp³-hybridized carbons (Fsp3) is 0.286. The highest BCUT2D eigenvalue weighted by atomic mass is 35.5. The molecule has 1 aromatic carbocycles. The second-order valence-corrected chi connectivity index (χ2v) is 7.17. The Kier molecular flexibility index (Phi) is 7.30. The van der Waals surface area contributed by atoms with Crippen LogP contribution in [-0.2, 0) is 9.53 Å². The third-order valence-electron chi connectivity index (χ3n) is 4.56. The highest BCUT2D eigenvalue weighted by molar-refractivity contribution is 6.32. The molecule has 3 N–H and O–H groups in total. The van der Waals surface area contributed by atoms with Crippen LogP contribution in [0.5, 0.6) is 5.75 Å². The number of benzene rings is 1. The van der Waals surface area contributed by atoms with Gasteiger partial charge in [0.25, 0.3) is 5.91 Å². The number of allylic oxidation sites excluding steroid dienone is 3. The van der Waals surface area contributed by atoms with E-state index in [4.69, 9.17) is 21.1 Å². The number of hydrogen-bond acceptors (Lipinski definition) is 7. The number of methoxy groups -OCH3 is 1. The third-order valence-corrected chi connectivity index (χ3v) is 4.86. The molecular formula is C21H23ClFN5O3. The zero-order valence-corrected chi connectivity index (χ0v) is 18.1. The Hall–Kier alpha value is -3.33. The van der Waals surface area contributed by atoms with Gasteiger partial charge >= 0.3 is 0 Å². The highest BCUT2D eigenvalue weighted by Crippen LogP contribution is 2.29. The molecule has 164 valence electrons. The molecule has 0 atom stereocenters. The molecule has 0 radical (unpaired) electrons. The van der Waals surface area contributed by atoms with Crippen LogP contribution in [0.1, 0.15) is 19.8 Å². The largest absolute Gasteiger partial charge is 0.495 e. The van der Waals surface area contributed by atoms with Gasteiger partial charge in [-0.3, -0.25) is 4.79 Å². The standard InChI is InChI=1S/C21H23ClFN5O3/c1-12-4-5-14(9-18(12)31-11-19(29)24-2)27-21-25-10-16(23)20(28-21)26-13-6-7-17(30-3)15(22)8-13/h6-10H,4-5,11H2,1-3H3,(H,24,29)(H2,25,26,27,28). The van der Waals surface area contributed by atoms with Gasteiger partial charge in [-0.2, -0.15) is 4.98 Å². The summed E-state index contributed by atoms with van der Waals surface area (Å²) in [5, 5.41) is 8.88. The first-order valence-corrected chi connectivity index (χ1v) is 9.91. The number of amides is 1. The smallest absolute Gasteiger partial charge is 0.257 e. The number of rotatable bonds is 8. The molecule has 0 saturated carbocycles. The normalized spacial score (nSPS) is 13.4. The Balaban J connectivity index is 1.74. The molecule has 0 saturated heterocycles. The first-order chi connectivity index (χ1) is 14.9. The molecule has 0 fully saturated rings. The maximum Gasteiger partial charge on any atom is 0.257 e. The van der Waals surface area contributed by atoms with Crippen molar-refractivity contribution in [2.75, 3.05) is 31.4 Å². The van der Waals surface area contributed by atoms with E-state index in [0.29, 0.717) is 28.6 Å². The monoisotopic (exact) mass is 447 g/mol. The van der Waals surface area contributed by atoms with Crippen molar-refractivity contribution < 1.29 is 18.7 Å². The van der Waals surface area contributed by atoms with Crippen LogP contribution in [0, 0.1) is 5.82 Å². The number of hydrogen-bond donors (Lipinski definition) is 3. The lowest BCUT2D eigenvalue weighted by atomic mass is 10.0. The second kappa shape index (κ2) is 10.1. The Bertz CT molecular complexity index is 1040. The lowest BCUT2D eigenvalue weighted by Gasteiger charge is -2.19. The van der Waals surface area contributed by atoms with E-state index in [1.165, 1.54) is 7.11 Å². The lowest BCUT2D eigenvalue weighted by Crippen LogP contribution is -2.23. The Morgan fingerprint density at radius 2 is 2.10 bits per heavy atom. The molecule has 8 nitrogen and oxygen atoms in total. The SMILES string of the molecule is CNC(=O)COC1=C(C)CCC(Nc2ncc(F)c(Nc3ccc(OC)c(Cl)c3)n2)=C1. The van der Waals surface area contributed by atoms with Gasteiger partial charge in [-0.05, 0) is 49.6 Å². The van der Waals surface area contributed by atoms with Gasteiger partial charge in [0.2, 0.25) is 5.95 Å². The number of ether oxygens (including phenoxy) is 2. The highest BCUT2D eigenvalue weighted by Gasteiger charge is 2.15. The maximum atomic E-state index is 14.2. The molecule has 1 aromatic heterocycles. The molecule has 0 aliphatic heterocycles. The fourth-order valence-electron chi connectivity index (χ4n) is 2.82. The van der Waals surface area contributed by atoms with Crippen molar-refractivity contribution in [2.45, 2.75) is 19.8 Å². The molecule has 0 spiro atoms. The summed E-state index contributed by atoms with van der Waals surface area (Å²) in [4.78, 5) is 19.7. The fourth-order valence-corrected chi connectivity index (χ4v) is 3.08. The van der Waals surface area contributed by atoms with Gasteiger partial charge in [0.1, 0.15) is 11.5 Å². The van der Waals surface area contributed by atoms with Crippen LogP contribution in [0.2, 0.25) is 5.02 Å². The van der Waals surface area contributed by atoms with Crippen LogP contribution >= 0.6 is 11.6 Å². The Morgan fingerprint density at radius 1 is 1.29 bits per heavy atom. The van der Waals surface area contributed by atoms with E-state index in [2.05, 4.69) is 25.9 Å². The van der Waals surface area contributed by atoms with Gasteiger partial charge in [0, 0.05) is 18.4 Å². The van der Waals surface area contributed by atoms with Crippen LogP contribution < -0.4 is 20.7 Å². The van der Waals surface area contributed by atoms with Crippen molar-refractivity contribution in [1.29, 1.82) is 0 Å². The average Bonchev–Trinajstić information content (AvgIpc) is 2.76. The van der Waals surface area contributed by atoms with Gasteiger partial charge in [-0.25, -0.2) is 9.37 Å². The van der Waals surface area contributed by atoms with E-state index in [1.54, 1.807) is 31.3 Å². The van der Waals surface area contributed by atoms with Crippen molar-refractivity contribution in [3.8, 4) is 5.75 Å². The van der Waals surface area contributed by atoms with E-state index in [0.717, 1.165) is 23.9 Å². The zero-order chi connectivity index (χ0) is 22.4. The minimum Gasteiger partial charge on any atom is -0.495 e. The average molecular weight is 448 g/mol. The summed E-state index contributed by atoms with van der Waals surface area (Å²) in [6.45, 7) is 1.88. The predicted octanol–water partition coefficient (Wildman–Crippen LogP) is 4.15. The molecule has 0 unspecified atom stereocenters. The van der Waals surface area contributed by atoms with Crippen molar-refractivity contribution in [3.05, 3.63) is 58.3 Å². The van der Waals surface area contributed by atoms with Crippen LogP contribution in [0.25, 0.3) is 0 Å². The molecule has 31 heavy (non-hydrogen) atoms. The molecular weight excluding hydrogens is 425 g/mol. The van der Waals surface area contributed by atoms with Crippen LogP contribution in [0.4, 0.5) is 21.8 Å². The predicted molar refractivity (Wildman–Crippen MR) is 117 cm³/mol. The number of likely N-dealkylation sites (N-methyl/N-ethyl adjacent to an activating group) is 1. The second-order valence-electron chi connectivity index (χ2n) is 6.77. The van der Waals surface area contributed by atoms with Gasteiger partial charge in [-0.15, -0.1) is 0 Å². The molecule has 0 bridgehead atoms.